The number of fused-ring (bicyclic) bond motifs is 1. The topological polar surface area (TPSA) is 133 Å². The summed E-state index contributed by atoms with van der Waals surface area (Å²) in [5.41, 5.74) is 3.31. The molecule has 1 aliphatic heterocycles. The highest BCUT2D eigenvalue weighted by molar-refractivity contribution is 6.33. The van der Waals surface area contributed by atoms with E-state index in [1.165, 1.54) is 23.2 Å². The highest BCUT2D eigenvalue weighted by atomic mass is 35.5. The first-order valence-electron chi connectivity index (χ1n) is 12.8. The molecule has 2 atom stereocenters. The van der Waals surface area contributed by atoms with Crippen LogP contribution in [0, 0.1) is 19.7 Å². The average molecular weight is 576 g/mol. The molecule has 2 aromatic carbocycles. The molecule has 3 N–H and O–H groups in total. The molecule has 3 heterocycles. The molecule has 2 unspecified atom stereocenters. The van der Waals surface area contributed by atoms with E-state index in [1.54, 1.807) is 57.3 Å². The number of halogens is 2. The van der Waals surface area contributed by atoms with Gasteiger partial charge in [-0.15, -0.1) is 0 Å². The van der Waals surface area contributed by atoms with Crippen LogP contribution in [0.4, 0.5) is 16.2 Å². The van der Waals surface area contributed by atoms with Crippen molar-refractivity contribution >= 4 is 35.2 Å². The van der Waals surface area contributed by atoms with E-state index in [-0.39, 0.29) is 18.4 Å². The maximum absolute atomic E-state index is 13.9. The lowest BCUT2D eigenvalue weighted by atomic mass is 10.0. The van der Waals surface area contributed by atoms with E-state index in [4.69, 9.17) is 11.6 Å². The fourth-order valence-electron chi connectivity index (χ4n) is 4.69. The standard InChI is InChI=1S/C29H27ClFN7O3/c1-15-8-20(10-21(31)9-15)24(14-39)35-27(40)16(2)38-13-19-5-4-18(11-22(19)28(38)41)26-23(30)12-33-29(37-26)36-25-6-7-32-17(3)34-25/h4-12,16,24,39H,13-14H2,1-3H3,(H,35,40)(H,32,33,34,36,37). The summed E-state index contributed by atoms with van der Waals surface area (Å²) < 4.78 is 13.9. The summed E-state index contributed by atoms with van der Waals surface area (Å²) in [4.78, 5) is 45.1. The Morgan fingerprint density at radius 2 is 1.95 bits per heavy atom. The molecule has 41 heavy (non-hydrogen) atoms. The first-order chi connectivity index (χ1) is 19.6. The number of benzene rings is 2. The average Bonchev–Trinajstić information content (AvgIpc) is 3.27. The Hall–Kier alpha value is -4.48. The SMILES string of the molecule is Cc1cc(F)cc(C(CO)NC(=O)C(C)N2Cc3ccc(-c4nc(Nc5ccnc(C)n5)ncc4Cl)cc3C2=O)c1. The molecular formula is C29H27ClFN7O3. The van der Waals surface area contributed by atoms with Crippen molar-refractivity contribution in [1.29, 1.82) is 0 Å². The van der Waals surface area contributed by atoms with Crippen molar-refractivity contribution in [2.75, 3.05) is 11.9 Å². The number of hydrogen-bond donors (Lipinski definition) is 3. The Morgan fingerprint density at radius 3 is 2.68 bits per heavy atom. The van der Waals surface area contributed by atoms with Crippen LogP contribution >= 0.6 is 11.6 Å². The number of carbonyl (C=O) groups excluding carboxylic acids is 2. The Morgan fingerprint density at radius 1 is 1.15 bits per heavy atom. The molecule has 12 heteroatoms. The Kier molecular flexibility index (Phi) is 7.91. The van der Waals surface area contributed by atoms with Crippen LogP contribution in [0.3, 0.4) is 0 Å². The molecule has 0 radical (unpaired) electrons. The lowest BCUT2D eigenvalue weighted by molar-refractivity contribution is -0.126. The molecule has 4 aromatic rings. The first kappa shape index (κ1) is 28.1. The van der Waals surface area contributed by atoms with Crippen molar-refractivity contribution in [3.8, 4) is 11.3 Å². The van der Waals surface area contributed by atoms with Crippen LogP contribution in [0.2, 0.25) is 5.02 Å². The number of anilines is 2. The second-order valence-corrected chi connectivity index (χ2v) is 10.2. The van der Waals surface area contributed by atoms with Gasteiger partial charge in [-0.3, -0.25) is 9.59 Å². The van der Waals surface area contributed by atoms with Gasteiger partial charge in [0.1, 0.15) is 23.5 Å². The number of nitrogens with zero attached hydrogens (tertiary/aromatic N) is 5. The molecule has 1 aliphatic rings. The normalized spacial score (nSPS) is 14.0. The van der Waals surface area contributed by atoms with Crippen LogP contribution in [-0.4, -0.2) is 54.4 Å². The van der Waals surface area contributed by atoms with Gasteiger partial charge in [0.05, 0.1) is 29.6 Å². The molecule has 0 aliphatic carbocycles. The van der Waals surface area contributed by atoms with Crippen LogP contribution in [0.5, 0.6) is 0 Å². The number of amides is 2. The minimum Gasteiger partial charge on any atom is -0.394 e. The van der Waals surface area contributed by atoms with Gasteiger partial charge in [0.25, 0.3) is 5.91 Å². The second kappa shape index (κ2) is 11.6. The fraction of sp³-hybridized carbons (Fsp3) is 0.241. The second-order valence-electron chi connectivity index (χ2n) is 9.79. The quantitative estimate of drug-likeness (QED) is 0.283. The summed E-state index contributed by atoms with van der Waals surface area (Å²) in [6.45, 7) is 4.91. The zero-order valence-corrected chi connectivity index (χ0v) is 23.3. The van der Waals surface area contributed by atoms with Crippen molar-refractivity contribution in [3.05, 3.63) is 93.8 Å². The molecule has 0 bridgehead atoms. The highest BCUT2D eigenvalue weighted by Gasteiger charge is 2.35. The van der Waals surface area contributed by atoms with Crippen LogP contribution in [0.25, 0.3) is 11.3 Å². The van der Waals surface area contributed by atoms with E-state index in [0.717, 1.165) is 5.56 Å². The molecule has 0 saturated heterocycles. The summed E-state index contributed by atoms with van der Waals surface area (Å²) in [7, 11) is 0. The predicted molar refractivity (Wildman–Crippen MR) is 151 cm³/mol. The number of aryl methyl sites for hydroxylation is 2. The maximum Gasteiger partial charge on any atom is 0.255 e. The molecule has 2 aromatic heterocycles. The molecule has 0 spiro atoms. The van der Waals surface area contributed by atoms with Crippen molar-refractivity contribution in [3.63, 3.8) is 0 Å². The van der Waals surface area contributed by atoms with Gasteiger partial charge in [0.2, 0.25) is 11.9 Å². The van der Waals surface area contributed by atoms with Gasteiger partial charge >= 0.3 is 0 Å². The van der Waals surface area contributed by atoms with Gasteiger partial charge in [0.15, 0.2) is 0 Å². The minimum absolute atomic E-state index is 0.225. The van der Waals surface area contributed by atoms with Crippen LogP contribution in [0.15, 0.2) is 54.9 Å². The molecule has 5 rings (SSSR count). The van der Waals surface area contributed by atoms with Crippen molar-refractivity contribution < 1.29 is 19.1 Å². The van der Waals surface area contributed by atoms with E-state index >= 15 is 0 Å². The van der Waals surface area contributed by atoms with Gasteiger partial charge in [-0.25, -0.2) is 24.3 Å². The van der Waals surface area contributed by atoms with Gasteiger partial charge in [0, 0.05) is 23.9 Å². The summed E-state index contributed by atoms with van der Waals surface area (Å²) in [6.07, 6.45) is 3.08. The molecular weight excluding hydrogens is 549 g/mol. The number of carbonyl (C=O) groups is 2. The molecule has 0 saturated carbocycles. The summed E-state index contributed by atoms with van der Waals surface area (Å²) in [5, 5.41) is 15.9. The third kappa shape index (κ3) is 6.01. The summed E-state index contributed by atoms with van der Waals surface area (Å²) >= 11 is 6.43. The molecule has 10 nitrogen and oxygen atoms in total. The monoisotopic (exact) mass is 575 g/mol. The van der Waals surface area contributed by atoms with E-state index < -0.39 is 30.4 Å². The molecule has 2 amide bonds. The minimum atomic E-state index is -0.850. The Labute approximate surface area is 240 Å². The van der Waals surface area contributed by atoms with Gasteiger partial charge in [-0.05, 0) is 61.7 Å². The third-order valence-corrected chi connectivity index (χ3v) is 7.06. The van der Waals surface area contributed by atoms with E-state index in [1.807, 2.05) is 0 Å². The van der Waals surface area contributed by atoms with E-state index in [9.17, 15) is 19.1 Å². The fourth-order valence-corrected chi connectivity index (χ4v) is 4.89. The van der Waals surface area contributed by atoms with Crippen molar-refractivity contribution in [2.24, 2.45) is 0 Å². The lowest BCUT2D eigenvalue weighted by Crippen LogP contribution is -2.46. The Balaban J connectivity index is 1.33. The van der Waals surface area contributed by atoms with Crippen LogP contribution in [-0.2, 0) is 11.3 Å². The number of hydrogen-bond acceptors (Lipinski definition) is 8. The van der Waals surface area contributed by atoms with E-state index in [2.05, 4.69) is 30.6 Å². The summed E-state index contributed by atoms with van der Waals surface area (Å²) in [6, 6.07) is 9.65. The van der Waals surface area contributed by atoms with Crippen molar-refractivity contribution in [1.82, 2.24) is 30.2 Å². The number of aliphatic hydroxyl groups is 1. The highest BCUT2D eigenvalue weighted by Crippen LogP contribution is 2.32. The zero-order chi connectivity index (χ0) is 29.3. The van der Waals surface area contributed by atoms with E-state index in [0.29, 0.717) is 44.6 Å². The number of nitrogens with one attached hydrogen (secondary N) is 2. The number of aromatic nitrogens is 4. The predicted octanol–water partition coefficient (Wildman–Crippen LogP) is 4.28. The van der Waals surface area contributed by atoms with Crippen LogP contribution in [0.1, 0.15) is 45.8 Å². The molecule has 210 valence electrons. The third-order valence-electron chi connectivity index (χ3n) is 6.79. The van der Waals surface area contributed by atoms with Gasteiger partial charge in [-0.1, -0.05) is 29.8 Å². The largest absolute Gasteiger partial charge is 0.394 e. The van der Waals surface area contributed by atoms with Gasteiger partial charge < -0.3 is 20.6 Å². The number of rotatable bonds is 8. The summed E-state index contributed by atoms with van der Waals surface area (Å²) in [5.74, 6) is 0.123. The lowest BCUT2D eigenvalue weighted by Gasteiger charge is -2.26. The number of aliphatic hydroxyl groups excluding tert-OH is 1. The molecule has 0 fully saturated rings. The van der Waals surface area contributed by atoms with Crippen molar-refractivity contribution in [2.45, 2.75) is 39.4 Å². The Bertz CT molecular complexity index is 1630. The first-order valence-corrected chi connectivity index (χ1v) is 13.2. The van der Waals surface area contributed by atoms with Crippen LogP contribution < -0.4 is 10.6 Å². The van der Waals surface area contributed by atoms with Gasteiger partial charge in [-0.2, -0.15) is 0 Å². The zero-order valence-electron chi connectivity index (χ0n) is 22.5. The maximum atomic E-state index is 13.9. The smallest absolute Gasteiger partial charge is 0.255 e.